The van der Waals surface area contributed by atoms with Crippen molar-refractivity contribution in [3.63, 3.8) is 0 Å². The van der Waals surface area contributed by atoms with Crippen LogP contribution < -0.4 is 5.32 Å². The molecule has 0 radical (unpaired) electrons. The molecule has 2 rings (SSSR count). The monoisotopic (exact) mass is 299 g/mol. The summed E-state index contributed by atoms with van der Waals surface area (Å²) in [6.45, 7) is 3.15. The van der Waals surface area contributed by atoms with E-state index in [1.807, 2.05) is 0 Å². The van der Waals surface area contributed by atoms with E-state index in [0.29, 0.717) is 5.69 Å². The molecule has 2 aromatic rings. The van der Waals surface area contributed by atoms with Crippen LogP contribution in [0, 0.1) is 24.4 Å². The quantitative estimate of drug-likeness (QED) is 0.817. The van der Waals surface area contributed by atoms with Crippen molar-refractivity contribution >= 4 is 17.3 Å². The van der Waals surface area contributed by atoms with Gasteiger partial charge in [0.15, 0.2) is 0 Å². The molecule has 1 N–H and O–H groups in total. The van der Waals surface area contributed by atoms with Crippen molar-refractivity contribution in [1.29, 1.82) is 0 Å². The average Bonchev–Trinajstić information content (AvgIpc) is 2.32. The van der Waals surface area contributed by atoms with E-state index in [1.165, 1.54) is 25.1 Å². The lowest BCUT2D eigenvalue weighted by atomic mass is 10.0. The molecule has 2 aromatic carbocycles. The second-order valence-corrected chi connectivity index (χ2v) is 5.08. The molecule has 1 atom stereocenters. The predicted octanol–water partition coefficient (Wildman–Crippen LogP) is 5.24. The Morgan fingerprint density at radius 1 is 1.00 bits per heavy atom. The van der Waals surface area contributed by atoms with Crippen LogP contribution in [-0.4, -0.2) is 0 Å². The first-order valence-corrected chi connectivity index (χ1v) is 6.43. The zero-order valence-electron chi connectivity index (χ0n) is 11.0. The van der Waals surface area contributed by atoms with Gasteiger partial charge in [0, 0.05) is 16.3 Å². The molecule has 1 nitrogen and oxygen atoms in total. The molecule has 106 valence electrons. The SMILES string of the molecule is Cc1cc(F)c(C(C)Nc2cc(F)cc(Cl)c2)cc1F. The molecular formula is C15H13ClF3N. The van der Waals surface area contributed by atoms with Crippen LogP contribution in [0.25, 0.3) is 0 Å². The second-order valence-electron chi connectivity index (χ2n) is 4.65. The van der Waals surface area contributed by atoms with Crippen LogP contribution in [0.2, 0.25) is 5.02 Å². The Kier molecular flexibility index (Phi) is 4.23. The fourth-order valence-corrected chi connectivity index (χ4v) is 2.18. The van der Waals surface area contributed by atoms with Gasteiger partial charge >= 0.3 is 0 Å². The van der Waals surface area contributed by atoms with Crippen LogP contribution >= 0.6 is 11.6 Å². The van der Waals surface area contributed by atoms with Crippen LogP contribution in [0.1, 0.15) is 24.1 Å². The normalized spacial score (nSPS) is 12.3. The van der Waals surface area contributed by atoms with Gasteiger partial charge in [0.25, 0.3) is 0 Å². The number of benzene rings is 2. The van der Waals surface area contributed by atoms with E-state index in [-0.39, 0.29) is 16.1 Å². The summed E-state index contributed by atoms with van der Waals surface area (Å²) in [4.78, 5) is 0. The fraction of sp³-hybridized carbons (Fsp3) is 0.200. The maximum Gasteiger partial charge on any atom is 0.128 e. The van der Waals surface area contributed by atoms with Crippen LogP contribution in [0.15, 0.2) is 30.3 Å². The molecule has 20 heavy (non-hydrogen) atoms. The zero-order chi connectivity index (χ0) is 14.9. The third kappa shape index (κ3) is 3.25. The van der Waals surface area contributed by atoms with Crippen molar-refractivity contribution < 1.29 is 13.2 Å². The van der Waals surface area contributed by atoms with E-state index in [2.05, 4.69) is 5.32 Å². The van der Waals surface area contributed by atoms with Crippen molar-refractivity contribution in [2.75, 3.05) is 5.32 Å². The molecular weight excluding hydrogens is 287 g/mol. The van der Waals surface area contributed by atoms with Gasteiger partial charge in [0.1, 0.15) is 17.5 Å². The average molecular weight is 300 g/mol. The summed E-state index contributed by atoms with van der Waals surface area (Å²) >= 11 is 5.74. The number of nitrogens with one attached hydrogen (secondary N) is 1. The Balaban J connectivity index is 2.28. The standard InChI is InChI=1S/C15H13ClF3N/c1-8-3-15(19)13(7-14(8)18)9(2)20-12-5-10(16)4-11(17)6-12/h3-7,9,20H,1-2H3. The summed E-state index contributed by atoms with van der Waals surface area (Å²) in [5.74, 6) is -1.48. The third-order valence-electron chi connectivity index (χ3n) is 2.99. The van der Waals surface area contributed by atoms with Crippen LogP contribution in [0.3, 0.4) is 0 Å². The molecule has 0 spiro atoms. The summed E-state index contributed by atoms with van der Waals surface area (Å²) < 4.78 is 40.6. The molecule has 0 amide bonds. The Morgan fingerprint density at radius 2 is 1.70 bits per heavy atom. The maximum absolute atomic E-state index is 13.8. The van der Waals surface area contributed by atoms with E-state index in [0.717, 1.165) is 12.1 Å². The minimum absolute atomic E-state index is 0.175. The number of aryl methyl sites for hydroxylation is 1. The lowest BCUT2D eigenvalue weighted by Crippen LogP contribution is -2.10. The second kappa shape index (κ2) is 5.75. The maximum atomic E-state index is 13.8. The number of hydrogen-bond acceptors (Lipinski definition) is 1. The van der Waals surface area contributed by atoms with Gasteiger partial charge in [-0.05, 0) is 49.7 Å². The van der Waals surface area contributed by atoms with Gasteiger partial charge in [-0.3, -0.25) is 0 Å². The first kappa shape index (κ1) is 14.7. The molecule has 0 fully saturated rings. The van der Waals surface area contributed by atoms with E-state index in [9.17, 15) is 13.2 Å². The third-order valence-corrected chi connectivity index (χ3v) is 3.21. The Hall–Kier alpha value is -1.68. The largest absolute Gasteiger partial charge is 0.378 e. The molecule has 1 unspecified atom stereocenters. The summed E-state index contributed by atoms with van der Waals surface area (Å²) in [5.41, 5.74) is 0.823. The highest BCUT2D eigenvalue weighted by Crippen LogP contribution is 2.26. The number of hydrogen-bond donors (Lipinski definition) is 1. The summed E-state index contributed by atoms with van der Waals surface area (Å²) in [6, 6.07) is 5.69. The van der Waals surface area contributed by atoms with Crippen LogP contribution in [0.4, 0.5) is 18.9 Å². The van der Waals surface area contributed by atoms with Crippen molar-refractivity contribution in [2.24, 2.45) is 0 Å². The first-order chi connectivity index (χ1) is 9.36. The van der Waals surface area contributed by atoms with Gasteiger partial charge in [-0.2, -0.15) is 0 Å². The highest BCUT2D eigenvalue weighted by atomic mass is 35.5. The van der Waals surface area contributed by atoms with Gasteiger partial charge in [-0.15, -0.1) is 0 Å². The molecule has 0 aliphatic rings. The smallest absolute Gasteiger partial charge is 0.128 e. The minimum Gasteiger partial charge on any atom is -0.378 e. The number of anilines is 1. The first-order valence-electron chi connectivity index (χ1n) is 6.05. The van der Waals surface area contributed by atoms with Gasteiger partial charge < -0.3 is 5.32 Å². The molecule has 0 saturated carbocycles. The molecule has 0 aliphatic carbocycles. The van der Waals surface area contributed by atoms with E-state index in [4.69, 9.17) is 11.6 Å². The molecule has 5 heteroatoms. The Labute approximate surface area is 120 Å². The Bertz CT molecular complexity index is 623. The summed E-state index contributed by atoms with van der Waals surface area (Å²) in [5, 5.41) is 3.13. The minimum atomic E-state index is -0.525. The lowest BCUT2D eigenvalue weighted by molar-refractivity contribution is 0.571. The number of halogens is 4. The van der Waals surface area contributed by atoms with Crippen LogP contribution in [0.5, 0.6) is 0 Å². The van der Waals surface area contributed by atoms with Crippen molar-refractivity contribution in [3.05, 3.63) is 63.9 Å². The Morgan fingerprint density at radius 3 is 2.35 bits per heavy atom. The zero-order valence-corrected chi connectivity index (χ0v) is 11.7. The lowest BCUT2D eigenvalue weighted by Gasteiger charge is -2.17. The fourth-order valence-electron chi connectivity index (χ4n) is 1.96. The van der Waals surface area contributed by atoms with Crippen molar-refractivity contribution in [1.82, 2.24) is 0 Å². The van der Waals surface area contributed by atoms with Crippen molar-refractivity contribution in [2.45, 2.75) is 19.9 Å². The van der Waals surface area contributed by atoms with Crippen LogP contribution in [-0.2, 0) is 0 Å². The molecule has 0 aromatic heterocycles. The van der Waals surface area contributed by atoms with Gasteiger partial charge in [-0.1, -0.05) is 11.6 Å². The topological polar surface area (TPSA) is 12.0 Å². The molecule has 0 heterocycles. The molecule has 0 saturated heterocycles. The van der Waals surface area contributed by atoms with E-state index in [1.54, 1.807) is 6.92 Å². The van der Waals surface area contributed by atoms with Gasteiger partial charge in [-0.25, -0.2) is 13.2 Å². The van der Waals surface area contributed by atoms with Gasteiger partial charge in [0.2, 0.25) is 0 Å². The summed E-state index contributed by atoms with van der Waals surface area (Å²) in [7, 11) is 0. The van der Waals surface area contributed by atoms with E-state index < -0.39 is 23.5 Å². The van der Waals surface area contributed by atoms with Gasteiger partial charge in [0.05, 0.1) is 6.04 Å². The predicted molar refractivity (Wildman–Crippen MR) is 74.5 cm³/mol. The highest BCUT2D eigenvalue weighted by molar-refractivity contribution is 6.30. The molecule has 0 aliphatic heterocycles. The summed E-state index contributed by atoms with van der Waals surface area (Å²) in [6.07, 6.45) is 0. The highest BCUT2D eigenvalue weighted by Gasteiger charge is 2.14. The number of rotatable bonds is 3. The van der Waals surface area contributed by atoms with E-state index >= 15 is 0 Å². The van der Waals surface area contributed by atoms with Crippen molar-refractivity contribution in [3.8, 4) is 0 Å². The molecule has 0 bridgehead atoms.